The Hall–Kier alpha value is -2.30. The molecule has 2 rings (SSSR count). The quantitative estimate of drug-likeness (QED) is 0.779. The first-order chi connectivity index (χ1) is 9.41. The Balaban J connectivity index is 2.26. The van der Waals surface area contributed by atoms with Gasteiger partial charge in [0.25, 0.3) is 0 Å². The van der Waals surface area contributed by atoms with Gasteiger partial charge < -0.3 is 4.90 Å². The molecule has 0 aromatic heterocycles. The number of carbonyl (C=O) groups is 1. The Morgan fingerprint density at radius 2 is 1.35 bits per heavy atom. The van der Waals surface area contributed by atoms with E-state index in [-0.39, 0.29) is 0 Å². The number of nitrogens with zero attached hydrogens (tertiary/aromatic N) is 1. The summed E-state index contributed by atoms with van der Waals surface area (Å²) in [4.78, 5) is 12.0. The molecule has 2 aromatic carbocycles. The van der Waals surface area contributed by atoms with Crippen molar-refractivity contribution in [1.82, 2.24) is 0 Å². The summed E-state index contributed by atoms with van der Waals surface area (Å²) in [7, 11) is 1.63. The van der Waals surface area contributed by atoms with Crippen molar-refractivity contribution >= 4 is 12.1 Å². The van der Waals surface area contributed by atoms with Crippen LogP contribution in [0.15, 0.2) is 48.5 Å². The number of alkyl halides is 3. The van der Waals surface area contributed by atoms with E-state index in [2.05, 4.69) is 0 Å². The molecule has 5 heteroatoms. The van der Waals surface area contributed by atoms with Crippen molar-refractivity contribution in [1.29, 1.82) is 0 Å². The summed E-state index contributed by atoms with van der Waals surface area (Å²) in [5.74, 6) is 0. The van der Waals surface area contributed by atoms with Gasteiger partial charge in [-0.2, -0.15) is 13.2 Å². The van der Waals surface area contributed by atoms with Gasteiger partial charge in [0.05, 0.1) is 5.56 Å². The van der Waals surface area contributed by atoms with Gasteiger partial charge in [-0.3, -0.25) is 4.79 Å². The number of hydrogen-bond donors (Lipinski definition) is 0. The summed E-state index contributed by atoms with van der Waals surface area (Å²) in [5.41, 5.74) is 1.54. The van der Waals surface area contributed by atoms with Crippen LogP contribution in [0.5, 0.6) is 0 Å². The number of hydrogen-bond acceptors (Lipinski definition) is 1. The van der Waals surface area contributed by atoms with Gasteiger partial charge in [0.15, 0.2) is 0 Å². The van der Waals surface area contributed by atoms with E-state index in [9.17, 15) is 18.0 Å². The molecule has 0 saturated carbocycles. The minimum atomic E-state index is -4.32. The van der Waals surface area contributed by atoms with Gasteiger partial charge in [-0.25, -0.2) is 0 Å². The minimum absolute atomic E-state index is 0.668. The molecule has 0 fully saturated rings. The molecule has 0 atom stereocenters. The summed E-state index contributed by atoms with van der Waals surface area (Å²) < 4.78 is 37.4. The Bertz CT molecular complexity index is 588. The van der Waals surface area contributed by atoms with E-state index >= 15 is 0 Å². The molecule has 2 nitrogen and oxygen atoms in total. The zero-order chi connectivity index (χ0) is 14.8. The summed E-state index contributed by atoms with van der Waals surface area (Å²) >= 11 is 0. The molecule has 104 valence electrons. The van der Waals surface area contributed by atoms with Gasteiger partial charge in [0.2, 0.25) is 6.41 Å². The molecule has 0 aliphatic carbocycles. The van der Waals surface area contributed by atoms with Gasteiger partial charge in [0.1, 0.15) is 0 Å². The molecule has 0 heterocycles. The van der Waals surface area contributed by atoms with Crippen LogP contribution in [0.4, 0.5) is 18.9 Å². The van der Waals surface area contributed by atoms with Gasteiger partial charge in [-0.15, -0.1) is 0 Å². The Morgan fingerprint density at radius 1 is 0.900 bits per heavy atom. The van der Waals surface area contributed by atoms with Crippen LogP contribution in [-0.4, -0.2) is 13.5 Å². The Labute approximate surface area is 114 Å². The maximum absolute atomic E-state index is 12.5. The highest BCUT2D eigenvalue weighted by molar-refractivity contribution is 5.76. The van der Waals surface area contributed by atoms with E-state index in [0.29, 0.717) is 12.0 Å². The van der Waals surface area contributed by atoms with Crippen molar-refractivity contribution in [3.8, 4) is 11.1 Å². The number of benzene rings is 2. The summed E-state index contributed by atoms with van der Waals surface area (Å²) in [6.07, 6.45) is -3.64. The molecule has 0 aliphatic heterocycles. The van der Waals surface area contributed by atoms with E-state index in [1.165, 1.54) is 17.0 Å². The molecule has 2 aromatic rings. The number of anilines is 1. The highest BCUT2D eigenvalue weighted by Crippen LogP contribution is 2.31. The molecule has 0 bridgehead atoms. The van der Waals surface area contributed by atoms with Gasteiger partial charge >= 0.3 is 6.18 Å². The lowest BCUT2D eigenvalue weighted by atomic mass is 10.0. The molecule has 1 amide bonds. The molecule has 0 spiro atoms. The van der Waals surface area contributed by atoms with E-state index in [1.54, 1.807) is 31.3 Å². The monoisotopic (exact) mass is 279 g/mol. The molecule has 0 N–H and O–H groups in total. The van der Waals surface area contributed by atoms with Crippen molar-refractivity contribution in [3.63, 3.8) is 0 Å². The number of amides is 1. The van der Waals surface area contributed by atoms with Crippen molar-refractivity contribution in [3.05, 3.63) is 54.1 Å². The van der Waals surface area contributed by atoms with Crippen molar-refractivity contribution < 1.29 is 18.0 Å². The third kappa shape index (κ3) is 2.99. The van der Waals surface area contributed by atoms with Gasteiger partial charge in [0, 0.05) is 12.7 Å². The average molecular weight is 279 g/mol. The SMILES string of the molecule is CN(C=O)c1ccc(-c2ccc(C(F)(F)F)cc2)cc1. The zero-order valence-corrected chi connectivity index (χ0v) is 10.7. The van der Waals surface area contributed by atoms with Crippen LogP contribution in [0.2, 0.25) is 0 Å². The highest BCUT2D eigenvalue weighted by atomic mass is 19.4. The highest BCUT2D eigenvalue weighted by Gasteiger charge is 2.29. The fraction of sp³-hybridized carbons (Fsp3) is 0.133. The van der Waals surface area contributed by atoms with Crippen molar-refractivity contribution in [2.75, 3.05) is 11.9 Å². The number of carbonyl (C=O) groups excluding carboxylic acids is 1. The lowest BCUT2D eigenvalue weighted by Gasteiger charge is -2.11. The van der Waals surface area contributed by atoms with E-state index in [1.807, 2.05) is 0 Å². The maximum atomic E-state index is 12.5. The predicted octanol–water partition coefficient (Wildman–Crippen LogP) is 3.97. The maximum Gasteiger partial charge on any atom is 0.416 e. The number of halogens is 3. The van der Waals surface area contributed by atoms with Gasteiger partial charge in [-0.05, 0) is 35.4 Å². The van der Waals surface area contributed by atoms with Crippen LogP contribution in [0.3, 0.4) is 0 Å². The Morgan fingerprint density at radius 3 is 1.75 bits per heavy atom. The fourth-order valence-electron chi connectivity index (χ4n) is 1.80. The second kappa shape index (κ2) is 5.36. The number of rotatable bonds is 3. The molecule has 0 radical (unpaired) electrons. The standard InChI is InChI=1S/C15H12F3NO/c1-19(10-20)14-8-4-12(5-9-14)11-2-6-13(7-3-11)15(16,17)18/h2-10H,1H3. The molecular formula is C15H12F3NO. The second-order valence-electron chi connectivity index (χ2n) is 4.34. The predicted molar refractivity (Wildman–Crippen MR) is 71.3 cm³/mol. The summed E-state index contributed by atoms with van der Waals surface area (Å²) in [6.45, 7) is 0. The van der Waals surface area contributed by atoms with Gasteiger partial charge in [-0.1, -0.05) is 24.3 Å². The zero-order valence-electron chi connectivity index (χ0n) is 10.7. The van der Waals surface area contributed by atoms with E-state index in [4.69, 9.17) is 0 Å². The third-order valence-corrected chi connectivity index (χ3v) is 2.98. The lowest BCUT2D eigenvalue weighted by molar-refractivity contribution is -0.137. The smallest absolute Gasteiger partial charge is 0.318 e. The topological polar surface area (TPSA) is 20.3 Å². The molecule has 20 heavy (non-hydrogen) atoms. The van der Waals surface area contributed by atoms with Crippen LogP contribution in [0.1, 0.15) is 5.56 Å². The fourth-order valence-corrected chi connectivity index (χ4v) is 1.80. The third-order valence-electron chi connectivity index (χ3n) is 2.98. The summed E-state index contributed by atoms with van der Waals surface area (Å²) in [5, 5.41) is 0. The first-order valence-electron chi connectivity index (χ1n) is 5.87. The lowest BCUT2D eigenvalue weighted by Crippen LogP contribution is -2.13. The van der Waals surface area contributed by atoms with Crippen LogP contribution in [0.25, 0.3) is 11.1 Å². The molecule has 0 saturated heterocycles. The first-order valence-corrected chi connectivity index (χ1v) is 5.87. The largest absolute Gasteiger partial charge is 0.416 e. The molecule has 0 aliphatic rings. The van der Waals surface area contributed by atoms with E-state index in [0.717, 1.165) is 23.4 Å². The molecular weight excluding hydrogens is 267 g/mol. The Kier molecular flexibility index (Phi) is 3.79. The van der Waals surface area contributed by atoms with E-state index < -0.39 is 11.7 Å². The normalized spacial score (nSPS) is 11.2. The first kappa shape index (κ1) is 14.1. The van der Waals surface area contributed by atoms with Crippen LogP contribution < -0.4 is 4.90 Å². The molecule has 0 unspecified atom stereocenters. The van der Waals surface area contributed by atoms with Crippen LogP contribution in [-0.2, 0) is 11.0 Å². The minimum Gasteiger partial charge on any atom is -0.318 e. The van der Waals surface area contributed by atoms with Crippen molar-refractivity contribution in [2.45, 2.75) is 6.18 Å². The second-order valence-corrected chi connectivity index (χ2v) is 4.34. The summed E-state index contributed by atoms with van der Waals surface area (Å²) in [6, 6.07) is 12.0. The van der Waals surface area contributed by atoms with Crippen molar-refractivity contribution in [2.24, 2.45) is 0 Å². The van der Waals surface area contributed by atoms with Crippen LogP contribution >= 0.6 is 0 Å². The van der Waals surface area contributed by atoms with Crippen LogP contribution in [0, 0.1) is 0 Å². The average Bonchev–Trinajstić information content (AvgIpc) is 2.46.